The molecule has 0 radical (unpaired) electrons. The molecule has 0 atom stereocenters. The highest BCUT2D eigenvalue weighted by Crippen LogP contribution is 2.31. The summed E-state index contributed by atoms with van der Waals surface area (Å²) in [5, 5.41) is 7.24. The summed E-state index contributed by atoms with van der Waals surface area (Å²) in [6.45, 7) is 3.37. The Morgan fingerprint density at radius 1 is 1.11 bits per heavy atom. The Morgan fingerprint density at radius 3 is 2.46 bits per heavy atom. The minimum atomic E-state index is -0.426. The first-order valence-corrected chi connectivity index (χ1v) is 10.2. The van der Waals surface area contributed by atoms with E-state index in [9.17, 15) is 9.59 Å². The number of benzene rings is 2. The molecule has 0 unspecified atom stereocenters. The second kappa shape index (κ2) is 10.6. The van der Waals surface area contributed by atoms with Gasteiger partial charge in [0, 0.05) is 20.9 Å². The SMILES string of the molecule is CC(CC(=O)Nc1ccc(Cl)cc1)=NNC(=O)COc1cc(C)c(Br)cc1Br. The summed E-state index contributed by atoms with van der Waals surface area (Å²) in [5.74, 6) is -0.118. The van der Waals surface area contributed by atoms with Gasteiger partial charge in [0.15, 0.2) is 6.61 Å². The average molecular weight is 532 g/mol. The number of carbonyl (C=O) groups is 2. The highest BCUT2D eigenvalue weighted by atomic mass is 79.9. The van der Waals surface area contributed by atoms with E-state index in [0.717, 1.165) is 14.5 Å². The summed E-state index contributed by atoms with van der Waals surface area (Å²) >= 11 is 12.6. The van der Waals surface area contributed by atoms with Crippen molar-refractivity contribution in [3.8, 4) is 5.75 Å². The topological polar surface area (TPSA) is 79.8 Å². The molecule has 148 valence electrons. The smallest absolute Gasteiger partial charge is 0.277 e. The molecule has 0 aliphatic carbocycles. The van der Waals surface area contributed by atoms with E-state index in [1.165, 1.54) is 0 Å². The van der Waals surface area contributed by atoms with E-state index in [1.807, 2.05) is 19.1 Å². The predicted molar refractivity (Wildman–Crippen MR) is 118 cm³/mol. The van der Waals surface area contributed by atoms with Crippen molar-refractivity contribution in [3.05, 3.63) is 55.9 Å². The van der Waals surface area contributed by atoms with Crippen LogP contribution in [0.15, 0.2) is 50.4 Å². The van der Waals surface area contributed by atoms with Gasteiger partial charge in [0.2, 0.25) is 5.91 Å². The highest BCUT2D eigenvalue weighted by molar-refractivity contribution is 9.11. The van der Waals surface area contributed by atoms with E-state index in [-0.39, 0.29) is 18.9 Å². The third kappa shape index (κ3) is 7.26. The Kier molecular flexibility index (Phi) is 8.47. The molecule has 0 fully saturated rings. The van der Waals surface area contributed by atoms with Crippen molar-refractivity contribution in [2.45, 2.75) is 20.3 Å². The van der Waals surface area contributed by atoms with Gasteiger partial charge < -0.3 is 10.1 Å². The zero-order valence-electron chi connectivity index (χ0n) is 15.2. The minimum absolute atomic E-state index is 0.0429. The molecule has 2 rings (SSSR count). The number of hydrogen-bond donors (Lipinski definition) is 2. The summed E-state index contributed by atoms with van der Waals surface area (Å²) in [5.41, 5.74) is 4.46. The van der Waals surface area contributed by atoms with Gasteiger partial charge in [-0.2, -0.15) is 5.10 Å². The molecule has 2 N–H and O–H groups in total. The quantitative estimate of drug-likeness (QED) is 0.387. The van der Waals surface area contributed by atoms with Crippen LogP contribution in [0.25, 0.3) is 0 Å². The predicted octanol–water partition coefficient (Wildman–Crippen LogP) is 5.07. The summed E-state index contributed by atoms with van der Waals surface area (Å²) < 4.78 is 7.17. The number of hydrazone groups is 1. The molecule has 0 saturated heterocycles. The van der Waals surface area contributed by atoms with Crippen LogP contribution >= 0.6 is 43.5 Å². The number of rotatable bonds is 7. The van der Waals surface area contributed by atoms with Crippen LogP contribution in [0.4, 0.5) is 5.69 Å². The summed E-state index contributed by atoms with van der Waals surface area (Å²) in [6.07, 6.45) is 0.0429. The van der Waals surface area contributed by atoms with Crippen LogP contribution < -0.4 is 15.5 Å². The van der Waals surface area contributed by atoms with Gasteiger partial charge in [0.05, 0.1) is 10.9 Å². The number of aryl methyl sites for hydroxylation is 1. The number of anilines is 1. The molecule has 2 amide bonds. The van der Waals surface area contributed by atoms with E-state index in [4.69, 9.17) is 16.3 Å². The van der Waals surface area contributed by atoms with Gasteiger partial charge in [0.25, 0.3) is 5.91 Å². The lowest BCUT2D eigenvalue weighted by atomic mass is 10.2. The third-order valence-corrected chi connectivity index (χ3v) is 5.21. The lowest BCUT2D eigenvalue weighted by molar-refractivity contribution is -0.123. The standard InChI is InChI=1S/C19H18Br2ClN3O3/c1-11-7-17(16(21)9-15(11)20)28-10-19(27)25-24-12(2)8-18(26)23-14-5-3-13(22)4-6-14/h3-7,9H,8,10H2,1-2H3,(H,23,26)(H,25,27). The minimum Gasteiger partial charge on any atom is -0.483 e. The maximum atomic E-state index is 12.0. The highest BCUT2D eigenvalue weighted by Gasteiger charge is 2.09. The van der Waals surface area contributed by atoms with Gasteiger partial charge in [0.1, 0.15) is 5.75 Å². The van der Waals surface area contributed by atoms with Crippen molar-refractivity contribution in [1.29, 1.82) is 0 Å². The lowest BCUT2D eigenvalue weighted by Gasteiger charge is -2.10. The normalized spacial score (nSPS) is 11.1. The largest absolute Gasteiger partial charge is 0.483 e. The van der Waals surface area contributed by atoms with Crippen LogP contribution in [0.2, 0.25) is 5.02 Å². The fourth-order valence-corrected chi connectivity index (χ4v) is 3.32. The Hall–Kier alpha value is -1.90. The first kappa shape index (κ1) is 22.4. The van der Waals surface area contributed by atoms with E-state index >= 15 is 0 Å². The summed E-state index contributed by atoms with van der Waals surface area (Å²) in [7, 11) is 0. The molecular formula is C19H18Br2ClN3O3. The number of ether oxygens (including phenoxy) is 1. The van der Waals surface area contributed by atoms with Crippen LogP contribution in [-0.2, 0) is 9.59 Å². The van der Waals surface area contributed by atoms with Gasteiger partial charge >= 0.3 is 0 Å². The molecule has 0 bridgehead atoms. The molecule has 9 heteroatoms. The molecule has 0 aliphatic heterocycles. The molecule has 2 aromatic carbocycles. The fourth-order valence-electron chi connectivity index (χ4n) is 2.09. The van der Waals surface area contributed by atoms with Crippen molar-refractivity contribution in [2.24, 2.45) is 5.10 Å². The first-order chi connectivity index (χ1) is 13.2. The van der Waals surface area contributed by atoms with Crippen LogP contribution in [0.3, 0.4) is 0 Å². The van der Waals surface area contributed by atoms with Crippen LogP contribution in [-0.4, -0.2) is 24.1 Å². The van der Waals surface area contributed by atoms with E-state index in [0.29, 0.717) is 22.2 Å². The maximum absolute atomic E-state index is 12.0. The van der Waals surface area contributed by atoms with E-state index in [2.05, 4.69) is 47.7 Å². The monoisotopic (exact) mass is 529 g/mol. The maximum Gasteiger partial charge on any atom is 0.277 e. The number of halogens is 3. The fraction of sp³-hybridized carbons (Fsp3) is 0.211. The van der Waals surface area contributed by atoms with Gasteiger partial charge in [-0.15, -0.1) is 0 Å². The number of nitrogens with zero attached hydrogens (tertiary/aromatic N) is 1. The average Bonchev–Trinajstić information content (AvgIpc) is 2.63. The van der Waals surface area contributed by atoms with Gasteiger partial charge in [-0.1, -0.05) is 27.5 Å². The zero-order chi connectivity index (χ0) is 20.7. The Morgan fingerprint density at radius 2 is 1.79 bits per heavy atom. The Labute approximate surface area is 184 Å². The van der Waals surface area contributed by atoms with Crippen LogP contribution in [0.5, 0.6) is 5.75 Å². The van der Waals surface area contributed by atoms with Gasteiger partial charge in [-0.3, -0.25) is 9.59 Å². The second-order valence-corrected chi connectivity index (χ2v) is 8.08. The van der Waals surface area contributed by atoms with Gasteiger partial charge in [-0.05, 0) is 71.7 Å². The molecule has 0 spiro atoms. The molecule has 0 aromatic heterocycles. The molecule has 6 nitrogen and oxygen atoms in total. The third-order valence-electron chi connectivity index (χ3n) is 3.49. The van der Waals surface area contributed by atoms with Crippen molar-refractivity contribution < 1.29 is 14.3 Å². The molecule has 0 heterocycles. The van der Waals surface area contributed by atoms with E-state index in [1.54, 1.807) is 31.2 Å². The molecule has 2 aromatic rings. The Bertz CT molecular complexity index is 902. The second-order valence-electron chi connectivity index (χ2n) is 5.93. The molecule has 0 aliphatic rings. The number of amides is 2. The number of carbonyl (C=O) groups excluding carboxylic acids is 2. The number of hydrogen-bond acceptors (Lipinski definition) is 4. The molecule has 0 saturated carbocycles. The summed E-state index contributed by atoms with van der Waals surface area (Å²) in [4.78, 5) is 23.9. The van der Waals surface area contributed by atoms with Crippen LogP contribution in [0.1, 0.15) is 18.9 Å². The first-order valence-electron chi connectivity index (χ1n) is 8.20. The lowest BCUT2D eigenvalue weighted by Crippen LogP contribution is -2.26. The Balaban J connectivity index is 1.80. The van der Waals surface area contributed by atoms with Gasteiger partial charge in [-0.25, -0.2) is 5.43 Å². The summed E-state index contributed by atoms with van der Waals surface area (Å²) in [6, 6.07) is 10.4. The molecule has 28 heavy (non-hydrogen) atoms. The van der Waals surface area contributed by atoms with Crippen molar-refractivity contribution >= 4 is 66.7 Å². The van der Waals surface area contributed by atoms with E-state index < -0.39 is 5.91 Å². The van der Waals surface area contributed by atoms with Crippen LogP contribution in [0, 0.1) is 6.92 Å². The van der Waals surface area contributed by atoms with Crippen molar-refractivity contribution in [1.82, 2.24) is 5.43 Å². The zero-order valence-corrected chi connectivity index (χ0v) is 19.1. The van der Waals surface area contributed by atoms with Crippen molar-refractivity contribution in [2.75, 3.05) is 11.9 Å². The van der Waals surface area contributed by atoms with Crippen molar-refractivity contribution in [3.63, 3.8) is 0 Å². The molecular weight excluding hydrogens is 513 g/mol. The number of nitrogens with one attached hydrogen (secondary N) is 2.